The van der Waals surface area contributed by atoms with Gasteiger partial charge in [0.05, 0.1) is 11.8 Å². The Morgan fingerprint density at radius 3 is 2.93 bits per heavy atom. The maximum Gasteiger partial charge on any atom is 0.255 e. The second-order valence-electron chi connectivity index (χ2n) is 6.72. The lowest BCUT2D eigenvalue weighted by Gasteiger charge is -2.26. The number of aryl methyl sites for hydroxylation is 1. The predicted molar refractivity (Wildman–Crippen MR) is 104 cm³/mol. The minimum absolute atomic E-state index is 0.140. The Balaban J connectivity index is 1.38. The second-order valence-corrected chi connectivity index (χ2v) is 6.72. The predicted octanol–water partition coefficient (Wildman–Crippen LogP) is 3.33. The molecular formula is C21H27N3O3. The van der Waals surface area contributed by atoms with E-state index in [1.54, 1.807) is 19.2 Å². The van der Waals surface area contributed by atoms with E-state index in [0.717, 1.165) is 6.54 Å². The van der Waals surface area contributed by atoms with Gasteiger partial charge in [-0.1, -0.05) is 12.5 Å². The third-order valence-electron chi connectivity index (χ3n) is 4.63. The van der Waals surface area contributed by atoms with Crippen molar-refractivity contribution < 1.29 is 13.9 Å². The summed E-state index contributed by atoms with van der Waals surface area (Å²) in [5.41, 5.74) is 1.79. The molecule has 0 spiro atoms. The molecule has 3 rings (SSSR count). The van der Waals surface area contributed by atoms with E-state index in [2.05, 4.69) is 15.2 Å². The molecule has 1 saturated heterocycles. The maximum absolute atomic E-state index is 11.9. The summed E-state index contributed by atoms with van der Waals surface area (Å²) in [6.45, 7) is 5.92. The average Bonchev–Trinajstić information content (AvgIpc) is 3.11. The first-order valence-electron chi connectivity index (χ1n) is 9.50. The highest BCUT2D eigenvalue weighted by atomic mass is 16.5. The number of rotatable bonds is 8. The minimum Gasteiger partial charge on any atom is -0.473 e. The van der Waals surface area contributed by atoms with Crippen LogP contribution < -0.4 is 10.1 Å². The Hall–Kier alpha value is -2.60. The van der Waals surface area contributed by atoms with Crippen LogP contribution in [0.15, 0.2) is 47.2 Å². The van der Waals surface area contributed by atoms with Crippen LogP contribution in [-0.4, -0.2) is 42.0 Å². The zero-order valence-corrected chi connectivity index (χ0v) is 15.8. The van der Waals surface area contributed by atoms with Crippen molar-refractivity contribution in [3.63, 3.8) is 0 Å². The van der Waals surface area contributed by atoms with E-state index in [1.165, 1.54) is 44.2 Å². The summed E-state index contributed by atoms with van der Waals surface area (Å²) in [4.78, 5) is 18.7. The normalized spacial score (nSPS) is 15.1. The topological polar surface area (TPSA) is 67.6 Å². The standard InChI is InChI=1S/C21H27N3O3/c1-17-19(8-14-26-17)21(25)23-9-3-6-13-27-20-15-18(7-10-22-20)16-24-11-4-2-5-12-24/h3,6-8,10,14-15H,2,4-5,9,11-13,16H2,1H3,(H,23,25). The number of hydrogen-bond acceptors (Lipinski definition) is 5. The van der Waals surface area contributed by atoms with Crippen LogP contribution in [0.4, 0.5) is 0 Å². The summed E-state index contributed by atoms with van der Waals surface area (Å²) in [6.07, 6.45) is 11.0. The zero-order chi connectivity index (χ0) is 18.9. The number of likely N-dealkylation sites (tertiary alicyclic amines) is 1. The number of carbonyl (C=O) groups is 1. The van der Waals surface area contributed by atoms with Crippen LogP contribution in [0.1, 0.15) is 40.9 Å². The number of amides is 1. The summed E-state index contributed by atoms with van der Waals surface area (Å²) >= 11 is 0. The molecule has 2 aromatic rings. The first-order valence-corrected chi connectivity index (χ1v) is 9.50. The third kappa shape index (κ3) is 5.96. The van der Waals surface area contributed by atoms with Gasteiger partial charge in [0.25, 0.3) is 5.91 Å². The van der Waals surface area contributed by atoms with Crippen LogP contribution in [-0.2, 0) is 6.54 Å². The average molecular weight is 369 g/mol. The van der Waals surface area contributed by atoms with Crippen molar-refractivity contribution in [2.45, 2.75) is 32.7 Å². The second kappa shape index (κ2) is 9.92. The molecule has 1 N–H and O–H groups in total. The van der Waals surface area contributed by atoms with E-state index >= 15 is 0 Å². The molecule has 1 aliphatic rings. The lowest BCUT2D eigenvalue weighted by atomic mass is 10.1. The van der Waals surface area contributed by atoms with Crippen LogP contribution in [0, 0.1) is 6.92 Å². The zero-order valence-electron chi connectivity index (χ0n) is 15.8. The molecule has 3 heterocycles. The van der Waals surface area contributed by atoms with Gasteiger partial charge in [-0.25, -0.2) is 4.98 Å². The van der Waals surface area contributed by atoms with Gasteiger partial charge in [-0.15, -0.1) is 0 Å². The van der Waals surface area contributed by atoms with Gasteiger partial charge in [-0.3, -0.25) is 9.69 Å². The minimum atomic E-state index is -0.140. The molecule has 6 heteroatoms. The lowest BCUT2D eigenvalue weighted by molar-refractivity contribution is 0.0956. The molecule has 1 amide bonds. The fourth-order valence-electron chi connectivity index (χ4n) is 3.16. The van der Waals surface area contributed by atoms with Crippen LogP contribution in [0.5, 0.6) is 5.88 Å². The highest BCUT2D eigenvalue weighted by Crippen LogP contribution is 2.15. The van der Waals surface area contributed by atoms with Crippen LogP contribution >= 0.6 is 0 Å². The van der Waals surface area contributed by atoms with Gasteiger partial charge in [-0.2, -0.15) is 0 Å². The fraction of sp³-hybridized carbons (Fsp3) is 0.429. The number of nitrogens with one attached hydrogen (secondary N) is 1. The van der Waals surface area contributed by atoms with Crippen molar-refractivity contribution in [1.82, 2.24) is 15.2 Å². The Kier molecular flexibility index (Phi) is 7.04. The number of carbonyl (C=O) groups excluding carboxylic acids is 1. The molecule has 27 heavy (non-hydrogen) atoms. The summed E-state index contributed by atoms with van der Waals surface area (Å²) in [5, 5.41) is 2.82. The molecule has 1 aliphatic heterocycles. The molecule has 0 radical (unpaired) electrons. The lowest BCUT2D eigenvalue weighted by Crippen LogP contribution is -2.29. The molecule has 0 atom stereocenters. The first kappa shape index (κ1) is 19.2. The first-order chi connectivity index (χ1) is 13.2. The molecular weight excluding hydrogens is 342 g/mol. The largest absolute Gasteiger partial charge is 0.473 e. The van der Waals surface area contributed by atoms with E-state index in [1.807, 2.05) is 24.3 Å². The molecule has 1 fully saturated rings. The van der Waals surface area contributed by atoms with Gasteiger partial charge >= 0.3 is 0 Å². The van der Waals surface area contributed by atoms with Crippen molar-refractivity contribution in [2.75, 3.05) is 26.2 Å². The van der Waals surface area contributed by atoms with Crippen molar-refractivity contribution in [2.24, 2.45) is 0 Å². The summed E-state index contributed by atoms with van der Waals surface area (Å²) < 4.78 is 10.8. The van der Waals surface area contributed by atoms with Crippen molar-refractivity contribution >= 4 is 5.91 Å². The summed E-state index contributed by atoms with van der Waals surface area (Å²) in [5.74, 6) is 1.11. The Morgan fingerprint density at radius 1 is 1.30 bits per heavy atom. The molecule has 0 aliphatic carbocycles. The van der Waals surface area contributed by atoms with Gasteiger partial charge < -0.3 is 14.5 Å². The SMILES string of the molecule is Cc1occc1C(=O)NCC=CCOc1cc(CN2CCCCC2)ccn1. The van der Waals surface area contributed by atoms with Crippen molar-refractivity contribution in [3.05, 3.63) is 59.7 Å². The van der Waals surface area contributed by atoms with E-state index in [-0.39, 0.29) is 5.91 Å². The number of piperidine rings is 1. The molecule has 2 aromatic heterocycles. The Morgan fingerprint density at radius 2 is 2.15 bits per heavy atom. The number of nitrogens with zero attached hydrogens (tertiary/aromatic N) is 2. The maximum atomic E-state index is 11.9. The monoisotopic (exact) mass is 369 g/mol. The highest BCUT2D eigenvalue weighted by Gasteiger charge is 2.11. The van der Waals surface area contributed by atoms with E-state index in [9.17, 15) is 4.79 Å². The molecule has 0 unspecified atom stereocenters. The number of furan rings is 1. The van der Waals surface area contributed by atoms with Gasteiger partial charge in [0.2, 0.25) is 5.88 Å². The van der Waals surface area contributed by atoms with E-state index < -0.39 is 0 Å². The molecule has 0 bridgehead atoms. The fourth-order valence-corrected chi connectivity index (χ4v) is 3.16. The number of aromatic nitrogens is 1. The molecule has 144 valence electrons. The molecule has 0 saturated carbocycles. The quantitative estimate of drug-likeness (QED) is 0.723. The Labute approximate surface area is 160 Å². The number of ether oxygens (including phenoxy) is 1. The van der Waals surface area contributed by atoms with Gasteiger partial charge in [-0.05, 0) is 56.6 Å². The van der Waals surface area contributed by atoms with Crippen molar-refractivity contribution in [3.8, 4) is 5.88 Å². The smallest absolute Gasteiger partial charge is 0.255 e. The van der Waals surface area contributed by atoms with Gasteiger partial charge in [0.15, 0.2) is 0 Å². The highest BCUT2D eigenvalue weighted by molar-refractivity contribution is 5.95. The summed E-state index contributed by atoms with van der Waals surface area (Å²) in [7, 11) is 0. The van der Waals surface area contributed by atoms with Gasteiger partial charge in [0, 0.05) is 25.4 Å². The van der Waals surface area contributed by atoms with E-state index in [4.69, 9.17) is 9.15 Å². The molecule has 0 aromatic carbocycles. The number of hydrogen-bond donors (Lipinski definition) is 1. The van der Waals surface area contributed by atoms with Crippen LogP contribution in [0.3, 0.4) is 0 Å². The summed E-state index contributed by atoms with van der Waals surface area (Å²) in [6, 6.07) is 5.72. The van der Waals surface area contributed by atoms with Crippen LogP contribution in [0.2, 0.25) is 0 Å². The van der Waals surface area contributed by atoms with Crippen LogP contribution in [0.25, 0.3) is 0 Å². The van der Waals surface area contributed by atoms with E-state index in [0.29, 0.717) is 30.4 Å². The third-order valence-corrected chi connectivity index (χ3v) is 4.63. The number of pyridine rings is 1. The van der Waals surface area contributed by atoms with Crippen molar-refractivity contribution in [1.29, 1.82) is 0 Å². The molecule has 6 nitrogen and oxygen atoms in total. The van der Waals surface area contributed by atoms with Gasteiger partial charge in [0.1, 0.15) is 12.4 Å². The Bertz CT molecular complexity index is 764.